The molecule has 1 aromatic rings. The van der Waals surface area contributed by atoms with Gasteiger partial charge in [-0.3, -0.25) is 4.99 Å². The Labute approximate surface area is 155 Å². The Morgan fingerprint density at radius 3 is 2.58 bits per heavy atom. The molecule has 0 aliphatic heterocycles. The number of hydrogen-bond donors (Lipinski definition) is 2. The van der Waals surface area contributed by atoms with Crippen LogP contribution < -0.4 is 15.4 Å². The Hall–Kier alpha value is -1.52. The predicted molar refractivity (Wildman–Crippen MR) is 96.8 cm³/mol. The molecule has 0 unspecified atom stereocenters. The fraction of sp³-hybridized carbons (Fsp3) is 0.467. The molecule has 0 atom stereocenters. The minimum absolute atomic E-state index is 0. The van der Waals surface area contributed by atoms with Crippen molar-refractivity contribution in [3.05, 3.63) is 36.0 Å². The summed E-state index contributed by atoms with van der Waals surface area (Å²) >= 11 is 0. The summed E-state index contributed by atoms with van der Waals surface area (Å²) in [5.74, 6) is 0.824. The van der Waals surface area contributed by atoms with Crippen LogP contribution in [0.15, 0.2) is 35.5 Å². The molecule has 0 radical (unpaired) electrons. The first kappa shape index (κ1) is 20.5. The maximum Gasteiger partial charge on any atom is 0.417 e. The third-order valence-corrected chi connectivity index (χ3v) is 3.28. The second kappa shape index (κ2) is 9.70. The molecule has 0 amide bonds. The third kappa shape index (κ3) is 6.54. The molecule has 0 saturated heterocycles. The van der Waals surface area contributed by atoms with E-state index in [0.29, 0.717) is 18.5 Å². The molecule has 2 N–H and O–H groups in total. The second-order valence-corrected chi connectivity index (χ2v) is 5.01. The van der Waals surface area contributed by atoms with Crippen LogP contribution in [0.2, 0.25) is 0 Å². The van der Waals surface area contributed by atoms with E-state index in [4.69, 9.17) is 4.74 Å². The SMILES string of the molecule is CN=C(NCCOc1ccc(C(F)(F)F)cn1)NC1CC=CC1.I. The first-order chi connectivity index (χ1) is 11.0. The summed E-state index contributed by atoms with van der Waals surface area (Å²) in [6.45, 7) is 0.727. The van der Waals surface area contributed by atoms with E-state index in [1.54, 1.807) is 7.05 Å². The summed E-state index contributed by atoms with van der Waals surface area (Å²) in [5.41, 5.74) is -0.794. The topological polar surface area (TPSA) is 58.5 Å². The highest BCUT2D eigenvalue weighted by atomic mass is 127. The molecule has 1 aromatic heterocycles. The Morgan fingerprint density at radius 2 is 2.04 bits per heavy atom. The Morgan fingerprint density at radius 1 is 1.33 bits per heavy atom. The van der Waals surface area contributed by atoms with Crippen molar-refractivity contribution in [1.29, 1.82) is 0 Å². The number of nitrogens with one attached hydrogen (secondary N) is 2. The van der Waals surface area contributed by atoms with Crippen molar-refractivity contribution in [3.8, 4) is 5.88 Å². The molecule has 134 valence electrons. The molecule has 5 nitrogen and oxygen atoms in total. The molecule has 0 bridgehead atoms. The van der Waals surface area contributed by atoms with E-state index in [1.807, 2.05) is 0 Å². The normalized spacial score (nSPS) is 15.1. The zero-order valence-electron chi connectivity index (χ0n) is 13.1. The highest BCUT2D eigenvalue weighted by molar-refractivity contribution is 14.0. The molecule has 24 heavy (non-hydrogen) atoms. The molecule has 1 heterocycles. The largest absolute Gasteiger partial charge is 0.476 e. The van der Waals surface area contributed by atoms with Crippen molar-refractivity contribution in [2.24, 2.45) is 4.99 Å². The molecular formula is C15H20F3IN4O. The molecular weight excluding hydrogens is 436 g/mol. The highest BCUT2D eigenvalue weighted by Crippen LogP contribution is 2.29. The number of hydrogen-bond acceptors (Lipinski definition) is 3. The van der Waals surface area contributed by atoms with Crippen LogP contribution in [0, 0.1) is 0 Å². The number of aromatic nitrogens is 1. The minimum atomic E-state index is -4.39. The predicted octanol–water partition coefficient (Wildman–Crippen LogP) is 2.98. The molecule has 1 aliphatic rings. The first-order valence-corrected chi connectivity index (χ1v) is 7.27. The molecule has 0 saturated carbocycles. The number of alkyl halides is 3. The maximum absolute atomic E-state index is 12.4. The van der Waals surface area contributed by atoms with E-state index in [-0.39, 0.29) is 36.5 Å². The van der Waals surface area contributed by atoms with E-state index in [9.17, 15) is 13.2 Å². The molecule has 2 rings (SSSR count). The van der Waals surface area contributed by atoms with Crippen molar-refractivity contribution in [2.75, 3.05) is 20.2 Å². The van der Waals surface area contributed by atoms with Crippen LogP contribution in [0.4, 0.5) is 13.2 Å². The lowest BCUT2D eigenvalue weighted by Gasteiger charge is -2.17. The lowest BCUT2D eigenvalue weighted by atomic mass is 10.2. The van der Waals surface area contributed by atoms with Gasteiger partial charge in [-0.05, 0) is 18.9 Å². The van der Waals surface area contributed by atoms with Crippen molar-refractivity contribution in [1.82, 2.24) is 15.6 Å². The van der Waals surface area contributed by atoms with Crippen molar-refractivity contribution in [3.63, 3.8) is 0 Å². The van der Waals surface area contributed by atoms with Gasteiger partial charge in [0.15, 0.2) is 5.96 Å². The van der Waals surface area contributed by atoms with Crippen LogP contribution in [-0.2, 0) is 6.18 Å². The fourth-order valence-corrected chi connectivity index (χ4v) is 2.08. The van der Waals surface area contributed by atoms with Crippen LogP contribution in [0.1, 0.15) is 18.4 Å². The van der Waals surface area contributed by atoms with Gasteiger partial charge in [0, 0.05) is 25.4 Å². The number of nitrogens with zero attached hydrogens (tertiary/aromatic N) is 2. The van der Waals surface area contributed by atoms with Crippen molar-refractivity contribution in [2.45, 2.75) is 25.1 Å². The number of halogens is 4. The van der Waals surface area contributed by atoms with E-state index in [0.717, 1.165) is 25.1 Å². The van der Waals surface area contributed by atoms with Gasteiger partial charge in [0.05, 0.1) is 12.1 Å². The van der Waals surface area contributed by atoms with Crippen LogP contribution >= 0.6 is 24.0 Å². The molecule has 0 aromatic carbocycles. The van der Waals surface area contributed by atoms with Gasteiger partial charge >= 0.3 is 6.18 Å². The van der Waals surface area contributed by atoms with Crippen molar-refractivity contribution < 1.29 is 17.9 Å². The van der Waals surface area contributed by atoms with Gasteiger partial charge in [-0.2, -0.15) is 13.2 Å². The maximum atomic E-state index is 12.4. The van der Waals surface area contributed by atoms with Gasteiger partial charge in [-0.15, -0.1) is 24.0 Å². The summed E-state index contributed by atoms with van der Waals surface area (Å²) in [4.78, 5) is 7.75. The van der Waals surface area contributed by atoms with Gasteiger partial charge < -0.3 is 15.4 Å². The quantitative estimate of drug-likeness (QED) is 0.235. The Kier molecular flexibility index (Phi) is 8.29. The number of rotatable bonds is 5. The lowest BCUT2D eigenvalue weighted by molar-refractivity contribution is -0.137. The zero-order valence-corrected chi connectivity index (χ0v) is 15.5. The fourth-order valence-electron chi connectivity index (χ4n) is 2.08. The average molecular weight is 456 g/mol. The van der Waals surface area contributed by atoms with Crippen LogP contribution in [-0.4, -0.2) is 37.2 Å². The van der Waals surface area contributed by atoms with Crippen LogP contribution in [0.5, 0.6) is 5.88 Å². The van der Waals surface area contributed by atoms with Gasteiger partial charge in [-0.25, -0.2) is 4.98 Å². The summed E-state index contributed by atoms with van der Waals surface area (Å²) < 4.78 is 42.5. The summed E-state index contributed by atoms with van der Waals surface area (Å²) in [7, 11) is 1.68. The van der Waals surface area contributed by atoms with E-state index >= 15 is 0 Å². The lowest BCUT2D eigenvalue weighted by Crippen LogP contribution is -2.43. The van der Waals surface area contributed by atoms with E-state index in [1.165, 1.54) is 6.07 Å². The van der Waals surface area contributed by atoms with Crippen molar-refractivity contribution >= 4 is 29.9 Å². The Bertz CT molecular complexity index is 553. The van der Waals surface area contributed by atoms with E-state index in [2.05, 4.69) is 32.8 Å². The zero-order chi connectivity index (χ0) is 16.7. The van der Waals surface area contributed by atoms with Gasteiger partial charge in [0.1, 0.15) is 6.61 Å². The van der Waals surface area contributed by atoms with Gasteiger partial charge in [-0.1, -0.05) is 12.2 Å². The molecule has 9 heteroatoms. The first-order valence-electron chi connectivity index (χ1n) is 7.27. The summed E-state index contributed by atoms with van der Waals surface area (Å²) in [6, 6.07) is 2.50. The number of ether oxygens (including phenoxy) is 1. The van der Waals surface area contributed by atoms with Gasteiger partial charge in [0.2, 0.25) is 5.88 Å². The summed E-state index contributed by atoms with van der Waals surface area (Å²) in [5, 5.41) is 6.35. The third-order valence-electron chi connectivity index (χ3n) is 3.28. The Balaban J connectivity index is 0.00000288. The minimum Gasteiger partial charge on any atom is -0.476 e. The standard InChI is InChI=1S/C15H19F3N4O.HI/c1-19-14(22-12-4-2-3-5-12)20-8-9-23-13-7-6-11(10-21-13)15(16,17)18;/h2-3,6-7,10,12H,4-5,8-9H2,1H3,(H2,19,20,22);1H. The summed E-state index contributed by atoms with van der Waals surface area (Å²) in [6.07, 6.45) is 2.53. The smallest absolute Gasteiger partial charge is 0.417 e. The number of guanidine groups is 1. The highest BCUT2D eigenvalue weighted by Gasteiger charge is 2.30. The molecule has 0 fully saturated rings. The van der Waals surface area contributed by atoms with Gasteiger partial charge in [0.25, 0.3) is 0 Å². The van der Waals surface area contributed by atoms with E-state index < -0.39 is 11.7 Å². The number of pyridine rings is 1. The monoisotopic (exact) mass is 456 g/mol. The second-order valence-electron chi connectivity index (χ2n) is 5.01. The van der Waals surface area contributed by atoms with Crippen LogP contribution in [0.3, 0.4) is 0 Å². The molecule has 0 spiro atoms. The average Bonchev–Trinajstić information content (AvgIpc) is 3.03. The number of aliphatic imine (C=N–C) groups is 1. The molecule has 1 aliphatic carbocycles. The van der Waals surface area contributed by atoms with Crippen LogP contribution in [0.25, 0.3) is 0 Å².